The van der Waals surface area contributed by atoms with Crippen LogP contribution in [0.1, 0.15) is 42.6 Å². The molecule has 1 aromatic carbocycles. The third-order valence-corrected chi connectivity index (χ3v) is 5.83. The predicted molar refractivity (Wildman–Crippen MR) is 97.0 cm³/mol. The van der Waals surface area contributed by atoms with E-state index in [1.165, 1.54) is 25.0 Å². The van der Waals surface area contributed by atoms with Crippen molar-refractivity contribution >= 4 is 5.65 Å². The second-order valence-corrected chi connectivity index (χ2v) is 7.84. The van der Waals surface area contributed by atoms with Gasteiger partial charge in [0.1, 0.15) is 17.4 Å². The van der Waals surface area contributed by atoms with Crippen LogP contribution in [-0.4, -0.2) is 21.2 Å². The number of fused-ring (bicyclic) bond motifs is 1. The van der Waals surface area contributed by atoms with Gasteiger partial charge in [-0.15, -0.1) is 10.2 Å². The Hall–Kier alpha value is -2.43. The fourth-order valence-corrected chi connectivity index (χ4v) is 3.68. The summed E-state index contributed by atoms with van der Waals surface area (Å²) in [6, 6.07) is 8.84. The molecule has 0 spiro atoms. The maximum atomic E-state index is 13.2. The van der Waals surface area contributed by atoms with Crippen LogP contribution in [0.5, 0.6) is 5.75 Å². The number of aryl methyl sites for hydroxylation is 1. The van der Waals surface area contributed by atoms with Gasteiger partial charge in [0, 0.05) is 23.6 Å². The third kappa shape index (κ3) is 2.75. The van der Waals surface area contributed by atoms with Crippen LogP contribution in [-0.2, 0) is 11.8 Å². The first-order valence-electron chi connectivity index (χ1n) is 9.37. The summed E-state index contributed by atoms with van der Waals surface area (Å²) in [5, 5.41) is 8.76. The van der Waals surface area contributed by atoms with Crippen molar-refractivity contribution in [3.05, 3.63) is 59.3 Å². The van der Waals surface area contributed by atoms with Crippen molar-refractivity contribution in [3.63, 3.8) is 0 Å². The average molecular weight is 351 g/mol. The molecule has 2 aliphatic carbocycles. The second kappa shape index (κ2) is 5.79. The van der Waals surface area contributed by atoms with Gasteiger partial charge in [-0.25, -0.2) is 4.39 Å². The van der Waals surface area contributed by atoms with Gasteiger partial charge in [-0.05, 0) is 62.3 Å². The molecule has 2 aliphatic rings. The molecule has 3 aromatic rings. The van der Waals surface area contributed by atoms with Crippen molar-refractivity contribution in [2.45, 2.75) is 44.4 Å². The van der Waals surface area contributed by atoms with E-state index >= 15 is 0 Å². The van der Waals surface area contributed by atoms with Crippen LogP contribution in [0.25, 0.3) is 5.65 Å². The van der Waals surface area contributed by atoms with Crippen LogP contribution in [0, 0.1) is 18.7 Å². The van der Waals surface area contributed by atoms with Gasteiger partial charge in [0.25, 0.3) is 0 Å². The molecule has 26 heavy (non-hydrogen) atoms. The third-order valence-electron chi connectivity index (χ3n) is 5.83. The Morgan fingerprint density at radius 2 is 1.92 bits per heavy atom. The summed E-state index contributed by atoms with van der Waals surface area (Å²) in [6.45, 7) is 2.65. The van der Waals surface area contributed by atoms with Crippen LogP contribution in [0.4, 0.5) is 4.39 Å². The number of hydrogen-bond donors (Lipinski definition) is 0. The Labute approximate surface area is 152 Å². The lowest BCUT2D eigenvalue weighted by Crippen LogP contribution is -2.18. The highest BCUT2D eigenvalue weighted by molar-refractivity contribution is 5.54. The fraction of sp³-hybridized carbons (Fsp3) is 0.429. The fourth-order valence-electron chi connectivity index (χ4n) is 3.68. The van der Waals surface area contributed by atoms with E-state index in [1.807, 2.05) is 31.3 Å². The highest BCUT2D eigenvalue weighted by Crippen LogP contribution is 2.48. The molecule has 2 heterocycles. The summed E-state index contributed by atoms with van der Waals surface area (Å²) < 4.78 is 21.5. The van der Waals surface area contributed by atoms with Gasteiger partial charge < -0.3 is 4.74 Å². The monoisotopic (exact) mass is 351 g/mol. The number of halogens is 1. The molecule has 2 aromatic heterocycles. The highest BCUT2D eigenvalue weighted by Gasteiger charge is 2.45. The molecule has 0 unspecified atom stereocenters. The number of ether oxygens (including phenoxy) is 1. The molecule has 2 fully saturated rings. The molecule has 5 rings (SSSR count). The van der Waals surface area contributed by atoms with Crippen molar-refractivity contribution < 1.29 is 9.13 Å². The number of pyridine rings is 1. The Kier molecular flexibility index (Phi) is 3.52. The molecule has 0 N–H and O–H groups in total. The molecule has 5 heteroatoms. The minimum atomic E-state index is -0.194. The summed E-state index contributed by atoms with van der Waals surface area (Å²) in [6.07, 6.45) is 7.80. The van der Waals surface area contributed by atoms with E-state index in [-0.39, 0.29) is 11.2 Å². The number of hydrogen-bond acceptors (Lipinski definition) is 3. The van der Waals surface area contributed by atoms with Crippen LogP contribution >= 0.6 is 0 Å². The molecule has 0 radical (unpaired) electrons. The van der Waals surface area contributed by atoms with Gasteiger partial charge in [-0.2, -0.15) is 0 Å². The Morgan fingerprint density at radius 1 is 1.15 bits per heavy atom. The summed E-state index contributed by atoms with van der Waals surface area (Å²) >= 11 is 0. The van der Waals surface area contributed by atoms with E-state index < -0.39 is 0 Å². The zero-order valence-electron chi connectivity index (χ0n) is 14.9. The highest BCUT2D eigenvalue weighted by atomic mass is 19.1. The molecule has 0 saturated heterocycles. The van der Waals surface area contributed by atoms with Gasteiger partial charge in [-0.1, -0.05) is 12.1 Å². The van der Waals surface area contributed by atoms with Crippen LogP contribution in [0.15, 0.2) is 36.5 Å². The first-order valence-corrected chi connectivity index (χ1v) is 9.37. The molecular weight excluding hydrogens is 329 g/mol. The Balaban J connectivity index is 1.36. The lowest BCUT2D eigenvalue weighted by molar-refractivity contribution is 0.276. The molecule has 0 atom stereocenters. The van der Waals surface area contributed by atoms with Gasteiger partial charge in [0.2, 0.25) is 0 Å². The number of aromatic nitrogens is 3. The zero-order valence-corrected chi connectivity index (χ0v) is 14.9. The van der Waals surface area contributed by atoms with Crippen molar-refractivity contribution in [2.24, 2.45) is 5.92 Å². The van der Waals surface area contributed by atoms with Crippen LogP contribution in [0.3, 0.4) is 0 Å². The summed E-state index contributed by atoms with van der Waals surface area (Å²) in [5.74, 6) is 2.49. The zero-order chi connectivity index (χ0) is 17.7. The second-order valence-electron chi connectivity index (χ2n) is 7.84. The van der Waals surface area contributed by atoms with E-state index in [9.17, 15) is 4.39 Å². The molecular formula is C21H22FN3O. The summed E-state index contributed by atoms with van der Waals surface area (Å²) in [4.78, 5) is 0. The van der Waals surface area contributed by atoms with Gasteiger partial charge in [0.15, 0.2) is 5.65 Å². The minimum absolute atomic E-state index is 0.0249. The number of benzene rings is 1. The minimum Gasteiger partial charge on any atom is -0.492 e. The van der Waals surface area contributed by atoms with Crippen molar-refractivity contribution in [1.29, 1.82) is 0 Å². The molecule has 2 saturated carbocycles. The Bertz CT molecular complexity index is 955. The molecule has 4 nitrogen and oxygen atoms in total. The van der Waals surface area contributed by atoms with Crippen molar-refractivity contribution in [3.8, 4) is 5.75 Å². The predicted octanol–water partition coefficient (Wildman–Crippen LogP) is 4.24. The quantitative estimate of drug-likeness (QED) is 0.667. The molecule has 0 amide bonds. The largest absolute Gasteiger partial charge is 0.492 e. The first-order chi connectivity index (χ1) is 12.6. The van der Waals surface area contributed by atoms with Gasteiger partial charge in [0.05, 0.1) is 6.61 Å². The van der Waals surface area contributed by atoms with E-state index in [0.29, 0.717) is 6.61 Å². The van der Waals surface area contributed by atoms with E-state index in [4.69, 9.17) is 4.74 Å². The smallest absolute Gasteiger partial charge is 0.167 e. The normalized spacial score (nSPS) is 18.2. The van der Waals surface area contributed by atoms with E-state index in [0.717, 1.165) is 53.5 Å². The van der Waals surface area contributed by atoms with Crippen LogP contribution < -0.4 is 4.74 Å². The first kappa shape index (κ1) is 15.8. The van der Waals surface area contributed by atoms with Crippen LogP contribution in [0.2, 0.25) is 0 Å². The number of rotatable bonds is 6. The topological polar surface area (TPSA) is 39.4 Å². The lowest BCUT2D eigenvalue weighted by Gasteiger charge is -2.18. The maximum Gasteiger partial charge on any atom is 0.167 e. The summed E-state index contributed by atoms with van der Waals surface area (Å²) in [5.41, 5.74) is 3.09. The van der Waals surface area contributed by atoms with Gasteiger partial charge in [-0.3, -0.25) is 4.40 Å². The van der Waals surface area contributed by atoms with Crippen molar-refractivity contribution in [1.82, 2.24) is 14.6 Å². The summed E-state index contributed by atoms with van der Waals surface area (Å²) in [7, 11) is 0. The average Bonchev–Trinajstić information content (AvgIpc) is 3.55. The molecule has 134 valence electrons. The SMILES string of the molecule is Cc1c(OCC2(c3ccc(F)cc3)CC2)ccn2c(CC3CC3)nnc12. The lowest BCUT2D eigenvalue weighted by atomic mass is 9.97. The molecule has 0 bridgehead atoms. The van der Waals surface area contributed by atoms with Crippen molar-refractivity contribution in [2.75, 3.05) is 6.61 Å². The Morgan fingerprint density at radius 3 is 2.62 bits per heavy atom. The standard InChI is InChI=1S/C21H22FN3O/c1-14-18(8-11-25-19(12-15-2-3-15)23-24-20(14)25)26-13-21(9-10-21)16-4-6-17(22)7-5-16/h4-8,11,15H,2-3,9-10,12-13H2,1H3. The molecule has 0 aliphatic heterocycles. The van der Waals surface area contributed by atoms with Gasteiger partial charge >= 0.3 is 0 Å². The van der Waals surface area contributed by atoms with E-state index in [2.05, 4.69) is 14.6 Å². The number of nitrogens with zero attached hydrogens (tertiary/aromatic N) is 3. The van der Waals surface area contributed by atoms with E-state index in [1.54, 1.807) is 0 Å². The maximum absolute atomic E-state index is 13.2.